The highest BCUT2D eigenvalue weighted by Gasteiger charge is 2.29. The van der Waals surface area contributed by atoms with Crippen molar-refractivity contribution >= 4 is 17.5 Å². The van der Waals surface area contributed by atoms with Crippen molar-refractivity contribution in [3.8, 4) is 5.75 Å². The third-order valence-corrected chi connectivity index (χ3v) is 5.01. The zero-order valence-electron chi connectivity index (χ0n) is 17.2. The lowest BCUT2D eigenvalue weighted by molar-refractivity contribution is -0.121. The third-order valence-electron chi connectivity index (χ3n) is 5.01. The van der Waals surface area contributed by atoms with E-state index in [1.54, 1.807) is 21.9 Å². The molecule has 0 spiro atoms. The van der Waals surface area contributed by atoms with Gasteiger partial charge in [-0.2, -0.15) is 0 Å². The van der Waals surface area contributed by atoms with E-state index in [1.165, 1.54) is 0 Å². The standard InChI is InChI=1S/C22H28N2O4/c1-6-23(7-2)21(26)19-11-9-16(28-19)13-24-17-12-15(22(3,4)5)8-10-18(17)27-14-20(24)25/h8-12H,6-7,13-14H2,1-5H3. The van der Waals surface area contributed by atoms with Crippen LogP contribution in [0.15, 0.2) is 34.7 Å². The summed E-state index contributed by atoms with van der Waals surface area (Å²) in [5.41, 5.74) is 1.80. The normalized spacial score (nSPS) is 13.9. The molecule has 2 amide bonds. The minimum Gasteiger partial charge on any atom is -0.482 e. The van der Waals surface area contributed by atoms with E-state index < -0.39 is 0 Å². The fraction of sp³-hybridized carbons (Fsp3) is 0.455. The van der Waals surface area contributed by atoms with E-state index in [9.17, 15) is 9.59 Å². The molecule has 1 aliphatic rings. The van der Waals surface area contributed by atoms with Gasteiger partial charge < -0.3 is 14.1 Å². The summed E-state index contributed by atoms with van der Waals surface area (Å²) in [5.74, 6) is 1.27. The first kappa shape index (κ1) is 20.0. The van der Waals surface area contributed by atoms with E-state index >= 15 is 0 Å². The Morgan fingerprint density at radius 1 is 1.14 bits per heavy atom. The molecule has 2 heterocycles. The highest BCUT2D eigenvalue weighted by atomic mass is 16.5. The molecular weight excluding hydrogens is 356 g/mol. The lowest BCUT2D eigenvalue weighted by Gasteiger charge is -2.31. The molecule has 6 heteroatoms. The maximum Gasteiger partial charge on any atom is 0.289 e. The number of anilines is 1. The van der Waals surface area contributed by atoms with Crippen LogP contribution in [-0.2, 0) is 16.8 Å². The fourth-order valence-electron chi connectivity index (χ4n) is 3.24. The van der Waals surface area contributed by atoms with Gasteiger partial charge in [-0.1, -0.05) is 26.8 Å². The molecule has 0 saturated heterocycles. The maximum absolute atomic E-state index is 12.5. The van der Waals surface area contributed by atoms with E-state index in [0.717, 1.165) is 11.3 Å². The molecular formula is C22H28N2O4. The summed E-state index contributed by atoms with van der Waals surface area (Å²) >= 11 is 0. The molecule has 28 heavy (non-hydrogen) atoms. The molecule has 0 N–H and O–H groups in total. The maximum atomic E-state index is 12.5. The molecule has 6 nitrogen and oxygen atoms in total. The molecule has 3 rings (SSSR count). The minimum absolute atomic E-state index is 0.00614. The van der Waals surface area contributed by atoms with E-state index in [1.807, 2.05) is 32.0 Å². The Balaban J connectivity index is 1.88. The van der Waals surface area contributed by atoms with E-state index in [4.69, 9.17) is 9.15 Å². The largest absolute Gasteiger partial charge is 0.482 e. The third kappa shape index (κ3) is 3.91. The summed E-state index contributed by atoms with van der Waals surface area (Å²) in [6.45, 7) is 11.7. The van der Waals surface area contributed by atoms with Gasteiger partial charge in [-0.25, -0.2) is 0 Å². The van der Waals surface area contributed by atoms with Crippen LogP contribution in [0.5, 0.6) is 5.75 Å². The van der Waals surface area contributed by atoms with Crippen LogP contribution >= 0.6 is 0 Å². The number of fused-ring (bicyclic) bond motifs is 1. The highest BCUT2D eigenvalue weighted by molar-refractivity contribution is 5.98. The quantitative estimate of drug-likeness (QED) is 0.782. The molecule has 1 aliphatic heterocycles. The van der Waals surface area contributed by atoms with Crippen molar-refractivity contribution in [2.24, 2.45) is 0 Å². The molecule has 0 saturated carbocycles. The van der Waals surface area contributed by atoms with Crippen molar-refractivity contribution < 1.29 is 18.7 Å². The van der Waals surface area contributed by atoms with Gasteiger partial charge in [0.1, 0.15) is 11.5 Å². The van der Waals surface area contributed by atoms with Gasteiger partial charge in [0.05, 0.1) is 12.2 Å². The lowest BCUT2D eigenvalue weighted by atomic mass is 9.86. The number of amides is 2. The first-order chi connectivity index (χ1) is 13.2. The number of carbonyl (C=O) groups is 2. The Morgan fingerprint density at radius 2 is 1.86 bits per heavy atom. The van der Waals surface area contributed by atoms with Crippen molar-refractivity contribution in [1.82, 2.24) is 4.90 Å². The second-order valence-electron chi connectivity index (χ2n) is 7.94. The van der Waals surface area contributed by atoms with Crippen LogP contribution in [0.25, 0.3) is 0 Å². The average Bonchev–Trinajstić information content (AvgIpc) is 3.12. The smallest absolute Gasteiger partial charge is 0.289 e. The molecule has 0 atom stereocenters. The Bertz CT molecular complexity index is 875. The van der Waals surface area contributed by atoms with Crippen LogP contribution in [0.2, 0.25) is 0 Å². The number of nitrogens with zero attached hydrogens (tertiary/aromatic N) is 2. The van der Waals surface area contributed by atoms with Crippen LogP contribution in [0.4, 0.5) is 5.69 Å². The molecule has 0 aliphatic carbocycles. The first-order valence-corrected chi connectivity index (χ1v) is 9.70. The second kappa shape index (κ2) is 7.70. The van der Waals surface area contributed by atoms with Gasteiger partial charge in [0, 0.05) is 13.1 Å². The van der Waals surface area contributed by atoms with Crippen LogP contribution in [0.3, 0.4) is 0 Å². The molecule has 0 radical (unpaired) electrons. The van der Waals surface area contributed by atoms with Gasteiger partial charge in [-0.05, 0) is 49.1 Å². The predicted octanol–water partition coefficient (Wildman–Crippen LogP) is 3.98. The zero-order valence-corrected chi connectivity index (χ0v) is 17.2. The van der Waals surface area contributed by atoms with Crippen LogP contribution < -0.4 is 9.64 Å². The fourth-order valence-corrected chi connectivity index (χ4v) is 3.24. The lowest BCUT2D eigenvalue weighted by Crippen LogP contribution is -2.38. The van der Waals surface area contributed by atoms with Crippen LogP contribution in [0, 0.1) is 0 Å². The van der Waals surface area contributed by atoms with Crippen LogP contribution in [-0.4, -0.2) is 36.4 Å². The highest BCUT2D eigenvalue weighted by Crippen LogP contribution is 2.37. The SMILES string of the molecule is CCN(CC)C(=O)c1ccc(CN2C(=O)COc3ccc(C(C)(C)C)cc32)o1. The summed E-state index contributed by atoms with van der Waals surface area (Å²) in [6, 6.07) is 9.37. The molecule has 1 aromatic heterocycles. The average molecular weight is 384 g/mol. The van der Waals surface area contributed by atoms with Crippen molar-refractivity contribution in [2.45, 2.75) is 46.6 Å². The minimum atomic E-state index is -0.139. The van der Waals surface area contributed by atoms with E-state index in [2.05, 4.69) is 20.8 Å². The Labute approximate surface area is 166 Å². The number of carbonyl (C=O) groups excluding carboxylic acids is 2. The van der Waals surface area contributed by atoms with Crippen molar-refractivity contribution in [2.75, 3.05) is 24.6 Å². The van der Waals surface area contributed by atoms with Crippen molar-refractivity contribution in [1.29, 1.82) is 0 Å². The number of rotatable bonds is 5. The summed E-state index contributed by atoms with van der Waals surface area (Å²) in [6.07, 6.45) is 0. The van der Waals surface area contributed by atoms with Gasteiger partial charge in [-0.3, -0.25) is 14.5 Å². The Hall–Kier alpha value is -2.76. The monoisotopic (exact) mass is 384 g/mol. The second-order valence-corrected chi connectivity index (χ2v) is 7.94. The zero-order chi connectivity index (χ0) is 20.5. The Kier molecular flexibility index (Phi) is 5.49. The molecule has 2 aromatic rings. The van der Waals surface area contributed by atoms with Gasteiger partial charge in [0.15, 0.2) is 12.4 Å². The summed E-state index contributed by atoms with van der Waals surface area (Å²) < 4.78 is 11.4. The number of ether oxygens (including phenoxy) is 1. The van der Waals surface area contributed by atoms with Gasteiger partial charge in [-0.15, -0.1) is 0 Å². The van der Waals surface area contributed by atoms with E-state index in [0.29, 0.717) is 30.4 Å². The predicted molar refractivity (Wildman–Crippen MR) is 108 cm³/mol. The molecule has 0 unspecified atom stereocenters. The van der Waals surface area contributed by atoms with Gasteiger partial charge in [0.25, 0.3) is 11.8 Å². The molecule has 1 aromatic carbocycles. The van der Waals surface area contributed by atoms with Gasteiger partial charge >= 0.3 is 0 Å². The molecule has 0 bridgehead atoms. The van der Waals surface area contributed by atoms with Crippen molar-refractivity contribution in [3.63, 3.8) is 0 Å². The number of hydrogen-bond donors (Lipinski definition) is 0. The topological polar surface area (TPSA) is 63.0 Å². The van der Waals surface area contributed by atoms with Crippen LogP contribution in [0.1, 0.15) is 56.5 Å². The molecule has 150 valence electrons. The summed E-state index contributed by atoms with van der Waals surface area (Å²) in [4.78, 5) is 28.4. The van der Waals surface area contributed by atoms with E-state index in [-0.39, 0.29) is 30.4 Å². The number of benzene rings is 1. The van der Waals surface area contributed by atoms with Gasteiger partial charge in [0.2, 0.25) is 0 Å². The molecule has 0 fully saturated rings. The van der Waals surface area contributed by atoms with Crippen molar-refractivity contribution in [3.05, 3.63) is 47.4 Å². The summed E-state index contributed by atoms with van der Waals surface area (Å²) in [7, 11) is 0. The number of hydrogen-bond acceptors (Lipinski definition) is 4. The summed E-state index contributed by atoms with van der Waals surface area (Å²) in [5, 5.41) is 0. The first-order valence-electron chi connectivity index (χ1n) is 9.70. The Morgan fingerprint density at radius 3 is 2.50 bits per heavy atom. The number of furan rings is 1.